The minimum Gasteiger partial charge on any atom is -0.491 e. The Morgan fingerprint density at radius 2 is 1.85 bits per heavy atom. The lowest BCUT2D eigenvalue weighted by Crippen LogP contribution is -2.44. The van der Waals surface area contributed by atoms with E-state index >= 15 is 0 Å². The fourth-order valence-corrected chi connectivity index (χ4v) is 3.49. The fourth-order valence-electron chi connectivity index (χ4n) is 3.49. The summed E-state index contributed by atoms with van der Waals surface area (Å²) in [6.45, 7) is 2.70. The summed E-state index contributed by atoms with van der Waals surface area (Å²) in [6.07, 6.45) is 3.62. The maximum Gasteiger partial charge on any atom is 0.305 e. The predicted octanol–water partition coefficient (Wildman–Crippen LogP) is 2.34. The average molecular weight is 377 g/mol. The van der Waals surface area contributed by atoms with Gasteiger partial charge in [-0.3, -0.25) is 9.59 Å². The fraction of sp³-hybridized carbons (Fsp3) is 0.600. The molecule has 2 fully saturated rings. The second-order valence-electron chi connectivity index (χ2n) is 6.96. The van der Waals surface area contributed by atoms with Crippen LogP contribution < -0.4 is 4.74 Å². The van der Waals surface area contributed by atoms with Gasteiger partial charge in [0, 0.05) is 38.0 Å². The van der Waals surface area contributed by atoms with E-state index in [0.29, 0.717) is 31.1 Å². The molecular weight excluding hydrogens is 350 g/mol. The summed E-state index contributed by atoms with van der Waals surface area (Å²) in [5.74, 6) is -0.350. The first-order valence-electron chi connectivity index (χ1n) is 9.58. The first-order valence-corrected chi connectivity index (χ1v) is 9.58. The molecule has 2 aliphatic heterocycles. The standard InChI is InChI=1S/C20H27NO6/c22-19(23)7-10-21(16-8-12-25-13-9-16)20(24)15-3-5-17(6-4-15)27-14-18-2-1-11-26-18/h3-6,16,18H,1-2,7-14H2,(H,22,23). The van der Waals surface area contributed by atoms with E-state index in [1.54, 1.807) is 29.2 Å². The van der Waals surface area contributed by atoms with Crippen molar-refractivity contribution in [3.63, 3.8) is 0 Å². The number of carbonyl (C=O) groups excluding carboxylic acids is 1. The Morgan fingerprint density at radius 3 is 2.48 bits per heavy atom. The first kappa shape index (κ1) is 19.6. The van der Waals surface area contributed by atoms with Crippen LogP contribution >= 0.6 is 0 Å². The van der Waals surface area contributed by atoms with Crippen LogP contribution in [0.5, 0.6) is 5.75 Å². The molecule has 7 heteroatoms. The quantitative estimate of drug-likeness (QED) is 0.748. The van der Waals surface area contributed by atoms with E-state index in [9.17, 15) is 9.59 Å². The van der Waals surface area contributed by atoms with Gasteiger partial charge >= 0.3 is 5.97 Å². The van der Waals surface area contributed by atoms with E-state index < -0.39 is 5.97 Å². The van der Waals surface area contributed by atoms with Crippen molar-refractivity contribution in [2.45, 2.75) is 44.2 Å². The number of carboxylic acids is 1. The number of ether oxygens (including phenoxy) is 3. The number of benzene rings is 1. The zero-order valence-electron chi connectivity index (χ0n) is 15.5. The molecule has 1 aromatic carbocycles. The Hall–Kier alpha value is -2.12. The van der Waals surface area contributed by atoms with Crippen LogP contribution in [0.2, 0.25) is 0 Å². The van der Waals surface area contributed by atoms with Crippen molar-refractivity contribution in [2.24, 2.45) is 0 Å². The van der Waals surface area contributed by atoms with Crippen LogP contribution in [0.1, 0.15) is 42.5 Å². The molecule has 2 saturated heterocycles. The second kappa shape index (κ2) is 9.71. The van der Waals surface area contributed by atoms with Crippen molar-refractivity contribution in [3.8, 4) is 5.75 Å². The molecule has 2 heterocycles. The molecule has 0 bridgehead atoms. The maximum absolute atomic E-state index is 13.0. The number of carboxylic acid groups (broad SMARTS) is 1. The second-order valence-corrected chi connectivity index (χ2v) is 6.96. The Bertz CT molecular complexity index is 620. The van der Waals surface area contributed by atoms with Gasteiger partial charge in [-0.1, -0.05) is 0 Å². The van der Waals surface area contributed by atoms with Gasteiger partial charge in [-0.15, -0.1) is 0 Å². The van der Waals surface area contributed by atoms with Gasteiger partial charge in [0.1, 0.15) is 12.4 Å². The van der Waals surface area contributed by atoms with Crippen molar-refractivity contribution in [1.29, 1.82) is 0 Å². The van der Waals surface area contributed by atoms with Gasteiger partial charge < -0.3 is 24.2 Å². The number of carbonyl (C=O) groups is 2. The highest BCUT2D eigenvalue weighted by Gasteiger charge is 2.27. The number of amides is 1. The molecule has 1 aromatic rings. The van der Waals surface area contributed by atoms with Gasteiger partial charge in [0.2, 0.25) is 0 Å². The van der Waals surface area contributed by atoms with Gasteiger partial charge in [-0.05, 0) is 49.9 Å². The van der Waals surface area contributed by atoms with E-state index in [-0.39, 0.29) is 31.0 Å². The van der Waals surface area contributed by atoms with Gasteiger partial charge in [0.05, 0.1) is 12.5 Å². The number of rotatable bonds is 8. The molecule has 27 heavy (non-hydrogen) atoms. The highest BCUT2D eigenvalue weighted by molar-refractivity contribution is 5.94. The smallest absolute Gasteiger partial charge is 0.305 e. The van der Waals surface area contributed by atoms with Crippen molar-refractivity contribution >= 4 is 11.9 Å². The highest BCUT2D eigenvalue weighted by Crippen LogP contribution is 2.21. The van der Waals surface area contributed by atoms with E-state index in [1.165, 1.54) is 0 Å². The number of aliphatic carboxylic acids is 1. The lowest BCUT2D eigenvalue weighted by Gasteiger charge is -2.34. The van der Waals surface area contributed by atoms with Crippen LogP contribution in [0, 0.1) is 0 Å². The topological polar surface area (TPSA) is 85.3 Å². The Balaban J connectivity index is 1.62. The van der Waals surface area contributed by atoms with E-state index in [4.69, 9.17) is 19.3 Å². The Kier molecular flexibility index (Phi) is 7.06. The average Bonchev–Trinajstić information content (AvgIpc) is 3.21. The molecule has 3 rings (SSSR count). The Morgan fingerprint density at radius 1 is 1.11 bits per heavy atom. The SMILES string of the molecule is O=C(O)CCN(C(=O)c1ccc(OCC2CCCO2)cc1)C1CCOCC1. The minimum atomic E-state index is -0.905. The molecule has 7 nitrogen and oxygen atoms in total. The van der Waals surface area contributed by atoms with Gasteiger partial charge in [-0.2, -0.15) is 0 Å². The van der Waals surface area contributed by atoms with Crippen molar-refractivity contribution in [1.82, 2.24) is 4.90 Å². The molecule has 0 aromatic heterocycles. The summed E-state index contributed by atoms with van der Waals surface area (Å²) < 4.78 is 16.6. The summed E-state index contributed by atoms with van der Waals surface area (Å²) in [5, 5.41) is 9.01. The van der Waals surface area contributed by atoms with Crippen molar-refractivity contribution in [2.75, 3.05) is 33.0 Å². The van der Waals surface area contributed by atoms with Crippen molar-refractivity contribution in [3.05, 3.63) is 29.8 Å². The molecular formula is C20H27NO6. The van der Waals surface area contributed by atoms with Gasteiger partial charge in [-0.25, -0.2) is 0 Å². The van der Waals surface area contributed by atoms with Gasteiger partial charge in [0.15, 0.2) is 0 Å². The predicted molar refractivity (Wildman–Crippen MR) is 98.0 cm³/mol. The minimum absolute atomic E-state index is 0.0149. The van der Waals surface area contributed by atoms with Crippen LogP contribution in [0.25, 0.3) is 0 Å². The van der Waals surface area contributed by atoms with Crippen LogP contribution in [-0.2, 0) is 14.3 Å². The zero-order chi connectivity index (χ0) is 19.1. The van der Waals surface area contributed by atoms with Crippen molar-refractivity contribution < 1.29 is 28.9 Å². The monoisotopic (exact) mass is 377 g/mol. The molecule has 1 atom stereocenters. The molecule has 2 aliphatic rings. The highest BCUT2D eigenvalue weighted by atomic mass is 16.5. The zero-order valence-corrected chi connectivity index (χ0v) is 15.5. The van der Waals surface area contributed by atoms with Gasteiger partial charge in [0.25, 0.3) is 5.91 Å². The first-order chi connectivity index (χ1) is 13.1. The molecule has 0 saturated carbocycles. The molecule has 1 N–H and O–H groups in total. The molecule has 148 valence electrons. The van der Waals surface area contributed by atoms with Crippen LogP contribution in [0.4, 0.5) is 0 Å². The number of hydrogen-bond acceptors (Lipinski definition) is 5. The molecule has 0 spiro atoms. The molecule has 1 amide bonds. The summed E-state index contributed by atoms with van der Waals surface area (Å²) in [4.78, 5) is 25.6. The summed E-state index contributed by atoms with van der Waals surface area (Å²) >= 11 is 0. The van der Waals surface area contributed by atoms with Crippen LogP contribution in [-0.4, -0.2) is 67.0 Å². The Labute approximate surface area is 159 Å². The maximum atomic E-state index is 13.0. The third-order valence-corrected chi connectivity index (χ3v) is 5.02. The number of hydrogen-bond donors (Lipinski definition) is 1. The molecule has 0 radical (unpaired) electrons. The van der Waals surface area contributed by atoms with E-state index in [0.717, 1.165) is 32.3 Å². The van der Waals surface area contributed by atoms with Crippen LogP contribution in [0.3, 0.4) is 0 Å². The lowest BCUT2D eigenvalue weighted by atomic mass is 10.0. The van der Waals surface area contributed by atoms with E-state index in [1.807, 2.05) is 0 Å². The summed E-state index contributed by atoms with van der Waals surface area (Å²) in [5.41, 5.74) is 0.538. The third-order valence-electron chi connectivity index (χ3n) is 5.02. The largest absolute Gasteiger partial charge is 0.491 e. The van der Waals surface area contributed by atoms with E-state index in [2.05, 4.69) is 0 Å². The normalized spacial score (nSPS) is 20.4. The van der Waals surface area contributed by atoms with Crippen LogP contribution in [0.15, 0.2) is 24.3 Å². The third kappa shape index (κ3) is 5.68. The molecule has 0 aliphatic carbocycles. The number of nitrogens with zero attached hydrogens (tertiary/aromatic N) is 1. The molecule has 1 unspecified atom stereocenters. The lowest BCUT2D eigenvalue weighted by molar-refractivity contribution is -0.137. The summed E-state index contributed by atoms with van der Waals surface area (Å²) in [6, 6.07) is 7.05. The summed E-state index contributed by atoms with van der Waals surface area (Å²) in [7, 11) is 0.